The molecule has 0 unspecified atom stereocenters. The molecule has 1 atom stereocenters. The Kier molecular flexibility index (Phi) is 49.7. The molecule has 0 heterocycles. The zero-order valence-electron chi connectivity index (χ0n) is 41.5. The first-order valence-electron chi connectivity index (χ1n) is 27.5. The van der Waals surface area contributed by atoms with E-state index in [0.717, 1.165) is 57.8 Å². The van der Waals surface area contributed by atoms with Crippen molar-refractivity contribution in [1.29, 1.82) is 0 Å². The standard InChI is InChI=1S/C55H106O6/c1-4-7-10-13-16-19-22-24-26-27-28-29-31-34-36-39-42-45-48-54(57)60-51-52(61-55(58)49-46-43-40-37-32-21-18-15-12-9-6-3)50-59-53(56)47-44-41-38-35-33-30-25-23-20-17-14-11-8-5-2/h52H,4-51H2,1-3H3/t52-/m0/s1. The summed E-state index contributed by atoms with van der Waals surface area (Å²) in [4.78, 5) is 38.0. The van der Waals surface area contributed by atoms with Gasteiger partial charge in [0.2, 0.25) is 0 Å². The Morgan fingerprint density at radius 2 is 0.443 bits per heavy atom. The molecule has 0 aromatic rings. The maximum Gasteiger partial charge on any atom is 0.306 e. The molecule has 0 aromatic heterocycles. The average Bonchev–Trinajstić information content (AvgIpc) is 3.26. The van der Waals surface area contributed by atoms with E-state index in [2.05, 4.69) is 20.8 Å². The predicted molar refractivity (Wildman–Crippen MR) is 261 cm³/mol. The number of hydrogen-bond donors (Lipinski definition) is 0. The molecule has 0 aliphatic heterocycles. The van der Waals surface area contributed by atoms with Gasteiger partial charge in [-0.05, 0) is 19.3 Å². The number of carbonyl (C=O) groups is 3. The second kappa shape index (κ2) is 51.0. The van der Waals surface area contributed by atoms with Gasteiger partial charge >= 0.3 is 17.9 Å². The van der Waals surface area contributed by atoms with Gasteiger partial charge in [0, 0.05) is 19.3 Å². The summed E-state index contributed by atoms with van der Waals surface area (Å²) in [7, 11) is 0. The van der Waals surface area contributed by atoms with Gasteiger partial charge in [-0.15, -0.1) is 0 Å². The van der Waals surface area contributed by atoms with Crippen molar-refractivity contribution in [2.24, 2.45) is 0 Å². The fourth-order valence-electron chi connectivity index (χ4n) is 8.45. The SMILES string of the molecule is CCCCCCCCCCCCCCCCCCCCC(=O)OC[C@H](COC(=O)CCCCCCCCCCCCCCCC)OC(=O)CCCCCCCCCCCCC. The van der Waals surface area contributed by atoms with E-state index in [9.17, 15) is 14.4 Å². The Hall–Kier alpha value is -1.59. The van der Waals surface area contributed by atoms with Gasteiger partial charge in [0.05, 0.1) is 0 Å². The van der Waals surface area contributed by atoms with Crippen molar-refractivity contribution >= 4 is 17.9 Å². The summed E-state index contributed by atoms with van der Waals surface area (Å²) in [5.74, 6) is -0.837. The van der Waals surface area contributed by atoms with Gasteiger partial charge in [-0.25, -0.2) is 0 Å². The highest BCUT2D eigenvalue weighted by Gasteiger charge is 2.19. The molecule has 61 heavy (non-hydrogen) atoms. The third kappa shape index (κ3) is 49.3. The van der Waals surface area contributed by atoms with Crippen molar-refractivity contribution in [2.75, 3.05) is 13.2 Å². The van der Waals surface area contributed by atoms with Crippen LogP contribution >= 0.6 is 0 Å². The first-order chi connectivity index (χ1) is 30.0. The zero-order valence-corrected chi connectivity index (χ0v) is 41.5. The number of ether oxygens (including phenoxy) is 3. The summed E-state index contributed by atoms with van der Waals surface area (Å²) in [5.41, 5.74) is 0. The monoisotopic (exact) mass is 863 g/mol. The molecule has 0 saturated heterocycles. The third-order valence-electron chi connectivity index (χ3n) is 12.6. The molecular formula is C55H106O6. The molecule has 6 heteroatoms. The molecule has 0 saturated carbocycles. The van der Waals surface area contributed by atoms with Crippen molar-refractivity contribution in [3.8, 4) is 0 Å². The van der Waals surface area contributed by atoms with E-state index in [1.165, 1.54) is 218 Å². The Labute approximate surface area is 380 Å². The average molecular weight is 863 g/mol. The fraction of sp³-hybridized carbons (Fsp3) is 0.945. The molecule has 0 radical (unpaired) electrons. The van der Waals surface area contributed by atoms with Gasteiger partial charge in [0.1, 0.15) is 13.2 Å². The van der Waals surface area contributed by atoms with E-state index >= 15 is 0 Å². The maximum absolute atomic E-state index is 12.8. The molecule has 0 aliphatic rings. The van der Waals surface area contributed by atoms with Crippen LogP contribution in [0.4, 0.5) is 0 Å². The van der Waals surface area contributed by atoms with Crippen molar-refractivity contribution in [2.45, 2.75) is 322 Å². The molecule has 0 spiro atoms. The number of hydrogen-bond acceptors (Lipinski definition) is 6. The third-order valence-corrected chi connectivity index (χ3v) is 12.6. The van der Waals surface area contributed by atoms with Crippen LogP contribution in [0.25, 0.3) is 0 Å². The predicted octanol–water partition coefficient (Wildman–Crippen LogP) is 18.0. The molecule has 0 fully saturated rings. The number of esters is 3. The van der Waals surface area contributed by atoms with E-state index in [-0.39, 0.29) is 31.1 Å². The number of rotatable bonds is 51. The van der Waals surface area contributed by atoms with Crippen LogP contribution in [0.3, 0.4) is 0 Å². The largest absolute Gasteiger partial charge is 0.462 e. The second-order valence-electron chi connectivity index (χ2n) is 18.9. The molecule has 0 rings (SSSR count). The van der Waals surface area contributed by atoms with E-state index in [1.54, 1.807) is 0 Å². The molecule has 0 aromatic carbocycles. The lowest BCUT2D eigenvalue weighted by atomic mass is 10.0. The molecule has 0 aliphatic carbocycles. The molecule has 0 N–H and O–H groups in total. The van der Waals surface area contributed by atoms with Crippen LogP contribution in [0.1, 0.15) is 316 Å². The Morgan fingerprint density at radius 3 is 0.656 bits per heavy atom. The van der Waals surface area contributed by atoms with Gasteiger partial charge in [0.25, 0.3) is 0 Å². The highest BCUT2D eigenvalue weighted by Crippen LogP contribution is 2.17. The first kappa shape index (κ1) is 59.4. The van der Waals surface area contributed by atoms with Gasteiger partial charge < -0.3 is 14.2 Å². The van der Waals surface area contributed by atoms with E-state index in [4.69, 9.17) is 14.2 Å². The molecule has 0 bridgehead atoms. The highest BCUT2D eigenvalue weighted by atomic mass is 16.6. The lowest BCUT2D eigenvalue weighted by Crippen LogP contribution is -2.30. The van der Waals surface area contributed by atoms with E-state index in [1.807, 2.05) is 0 Å². The van der Waals surface area contributed by atoms with Crippen LogP contribution in [-0.2, 0) is 28.6 Å². The molecule has 362 valence electrons. The highest BCUT2D eigenvalue weighted by molar-refractivity contribution is 5.71. The summed E-state index contributed by atoms with van der Waals surface area (Å²) in [5, 5.41) is 0. The minimum atomic E-state index is -0.759. The first-order valence-corrected chi connectivity index (χ1v) is 27.5. The summed E-state index contributed by atoms with van der Waals surface area (Å²) < 4.78 is 16.8. The maximum atomic E-state index is 12.8. The minimum absolute atomic E-state index is 0.0615. The van der Waals surface area contributed by atoms with E-state index < -0.39 is 6.10 Å². The smallest absolute Gasteiger partial charge is 0.306 e. The Balaban J connectivity index is 4.24. The molecular weight excluding hydrogens is 757 g/mol. The summed E-state index contributed by atoms with van der Waals surface area (Å²) >= 11 is 0. The normalized spacial score (nSPS) is 11.9. The topological polar surface area (TPSA) is 78.9 Å². The molecule has 0 amide bonds. The Morgan fingerprint density at radius 1 is 0.262 bits per heavy atom. The minimum Gasteiger partial charge on any atom is -0.462 e. The second-order valence-corrected chi connectivity index (χ2v) is 18.9. The summed E-state index contributed by atoms with van der Waals surface area (Å²) in [6.07, 6.45) is 55.2. The van der Waals surface area contributed by atoms with Crippen LogP contribution < -0.4 is 0 Å². The van der Waals surface area contributed by atoms with Crippen molar-refractivity contribution < 1.29 is 28.6 Å². The van der Waals surface area contributed by atoms with Crippen LogP contribution in [0.15, 0.2) is 0 Å². The lowest BCUT2D eigenvalue weighted by molar-refractivity contribution is -0.167. The summed E-state index contributed by atoms with van der Waals surface area (Å²) in [6, 6.07) is 0. The molecule has 6 nitrogen and oxygen atoms in total. The number of unbranched alkanes of at least 4 members (excludes halogenated alkanes) is 40. The lowest BCUT2D eigenvalue weighted by Gasteiger charge is -2.18. The zero-order chi connectivity index (χ0) is 44.4. The van der Waals surface area contributed by atoms with Crippen LogP contribution in [0.2, 0.25) is 0 Å². The van der Waals surface area contributed by atoms with Crippen molar-refractivity contribution in [3.05, 3.63) is 0 Å². The van der Waals surface area contributed by atoms with Crippen molar-refractivity contribution in [1.82, 2.24) is 0 Å². The van der Waals surface area contributed by atoms with Gasteiger partial charge in [-0.1, -0.05) is 278 Å². The number of carbonyl (C=O) groups excluding carboxylic acids is 3. The van der Waals surface area contributed by atoms with Crippen LogP contribution in [-0.4, -0.2) is 37.2 Å². The van der Waals surface area contributed by atoms with Gasteiger partial charge in [0.15, 0.2) is 6.10 Å². The van der Waals surface area contributed by atoms with Gasteiger partial charge in [-0.3, -0.25) is 14.4 Å². The quantitative estimate of drug-likeness (QED) is 0.0344. The summed E-state index contributed by atoms with van der Waals surface area (Å²) in [6.45, 7) is 6.69. The van der Waals surface area contributed by atoms with E-state index in [0.29, 0.717) is 19.3 Å². The van der Waals surface area contributed by atoms with Crippen LogP contribution in [0.5, 0.6) is 0 Å². The van der Waals surface area contributed by atoms with Crippen molar-refractivity contribution in [3.63, 3.8) is 0 Å². The van der Waals surface area contributed by atoms with Gasteiger partial charge in [-0.2, -0.15) is 0 Å². The Bertz CT molecular complexity index is 905. The van der Waals surface area contributed by atoms with Crippen LogP contribution in [0, 0.1) is 0 Å². The fourth-order valence-corrected chi connectivity index (χ4v) is 8.45.